The molecule has 0 aliphatic heterocycles. The molecule has 138 valence electrons. The van der Waals surface area contributed by atoms with Crippen LogP contribution in [0.5, 0.6) is 5.75 Å². The number of ether oxygens (including phenoxy) is 1. The van der Waals surface area contributed by atoms with Crippen molar-refractivity contribution in [3.63, 3.8) is 0 Å². The third-order valence-electron chi connectivity index (χ3n) is 3.77. The van der Waals surface area contributed by atoms with Crippen LogP contribution in [0, 0.1) is 11.6 Å². The van der Waals surface area contributed by atoms with Crippen molar-refractivity contribution >= 4 is 11.9 Å². The van der Waals surface area contributed by atoms with Crippen molar-refractivity contribution in [2.75, 3.05) is 13.7 Å². The van der Waals surface area contributed by atoms with Crippen LogP contribution in [0.1, 0.15) is 17.5 Å². The van der Waals surface area contributed by atoms with Crippen molar-refractivity contribution in [2.24, 2.45) is 0 Å². The standard InChI is InChI=1S/C19H19F2NO4/c1-22(11-13-5-8-15(9-6-13)26-12-18(24)25)17(23)10-7-14-3-2-4-16(20)19(14)21/h2-6,8-9H,7,10-12H2,1H3,(H,24,25). The molecule has 2 aromatic carbocycles. The summed E-state index contributed by atoms with van der Waals surface area (Å²) in [4.78, 5) is 24.1. The Balaban J connectivity index is 1.86. The molecule has 2 aromatic rings. The number of amides is 1. The second-order valence-corrected chi connectivity index (χ2v) is 5.79. The van der Waals surface area contributed by atoms with Crippen molar-refractivity contribution in [2.45, 2.75) is 19.4 Å². The van der Waals surface area contributed by atoms with E-state index in [1.54, 1.807) is 31.3 Å². The van der Waals surface area contributed by atoms with Gasteiger partial charge >= 0.3 is 5.97 Å². The highest BCUT2D eigenvalue weighted by Crippen LogP contribution is 2.16. The first-order valence-electron chi connectivity index (χ1n) is 7.97. The molecule has 0 fully saturated rings. The second-order valence-electron chi connectivity index (χ2n) is 5.79. The monoisotopic (exact) mass is 363 g/mol. The van der Waals surface area contributed by atoms with E-state index in [-0.39, 0.29) is 24.3 Å². The van der Waals surface area contributed by atoms with Gasteiger partial charge in [0, 0.05) is 20.0 Å². The first-order valence-corrected chi connectivity index (χ1v) is 7.97. The molecule has 0 aliphatic rings. The minimum absolute atomic E-state index is 0.0662. The van der Waals surface area contributed by atoms with Crippen molar-refractivity contribution in [3.8, 4) is 5.75 Å². The molecule has 26 heavy (non-hydrogen) atoms. The largest absolute Gasteiger partial charge is 0.482 e. The number of carbonyl (C=O) groups excluding carboxylic acids is 1. The van der Waals surface area contributed by atoms with Crippen molar-refractivity contribution in [3.05, 3.63) is 65.2 Å². The number of hydrogen-bond acceptors (Lipinski definition) is 3. The zero-order chi connectivity index (χ0) is 19.1. The predicted octanol–water partition coefficient (Wildman–Crippen LogP) is 3.02. The van der Waals surface area contributed by atoms with Gasteiger partial charge in [-0.2, -0.15) is 0 Å². The molecule has 0 bridgehead atoms. The third kappa shape index (κ3) is 5.54. The maximum absolute atomic E-state index is 13.6. The molecule has 2 rings (SSSR count). The maximum atomic E-state index is 13.6. The van der Waals surface area contributed by atoms with E-state index < -0.39 is 24.2 Å². The van der Waals surface area contributed by atoms with Crippen LogP contribution in [0.4, 0.5) is 8.78 Å². The molecule has 0 atom stereocenters. The summed E-state index contributed by atoms with van der Waals surface area (Å²) in [6.45, 7) is -0.0853. The van der Waals surface area contributed by atoms with Gasteiger partial charge < -0.3 is 14.7 Å². The Hall–Kier alpha value is -2.96. The molecule has 0 saturated carbocycles. The molecule has 1 amide bonds. The van der Waals surface area contributed by atoms with Crippen LogP contribution in [0.3, 0.4) is 0 Å². The van der Waals surface area contributed by atoms with Gasteiger partial charge in [-0.15, -0.1) is 0 Å². The van der Waals surface area contributed by atoms with E-state index in [0.717, 1.165) is 11.6 Å². The summed E-state index contributed by atoms with van der Waals surface area (Å²) in [6, 6.07) is 10.6. The van der Waals surface area contributed by atoms with Crippen LogP contribution in [-0.2, 0) is 22.6 Å². The fourth-order valence-electron chi connectivity index (χ4n) is 2.37. The average Bonchev–Trinajstić information content (AvgIpc) is 2.62. The van der Waals surface area contributed by atoms with Crippen LogP contribution in [0.15, 0.2) is 42.5 Å². The van der Waals surface area contributed by atoms with Gasteiger partial charge in [-0.3, -0.25) is 4.79 Å². The molecule has 0 radical (unpaired) electrons. The summed E-state index contributed by atoms with van der Waals surface area (Å²) in [6.07, 6.45) is 0.186. The fraction of sp³-hybridized carbons (Fsp3) is 0.263. The number of aliphatic carboxylic acids is 1. The number of carboxylic acids is 1. The van der Waals surface area contributed by atoms with Crippen LogP contribution in [0.2, 0.25) is 0 Å². The SMILES string of the molecule is CN(Cc1ccc(OCC(=O)O)cc1)C(=O)CCc1cccc(F)c1F. The molecular weight excluding hydrogens is 344 g/mol. The Morgan fingerprint density at radius 2 is 1.81 bits per heavy atom. The van der Waals surface area contributed by atoms with Gasteiger partial charge in [0.25, 0.3) is 0 Å². The lowest BCUT2D eigenvalue weighted by molar-refractivity contribution is -0.139. The number of rotatable bonds is 8. The van der Waals surface area contributed by atoms with E-state index >= 15 is 0 Å². The van der Waals surface area contributed by atoms with Crippen molar-refractivity contribution in [1.82, 2.24) is 4.90 Å². The molecular formula is C19H19F2NO4. The topological polar surface area (TPSA) is 66.8 Å². The van der Waals surface area contributed by atoms with Crippen molar-refractivity contribution < 1.29 is 28.2 Å². The Labute approximate surface area is 149 Å². The summed E-state index contributed by atoms with van der Waals surface area (Å²) in [7, 11) is 1.62. The number of halogens is 2. The van der Waals surface area contributed by atoms with Gasteiger partial charge in [0.15, 0.2) is 18.2 Å². The third-order valence-corrected chi connectivity index (χ3v) is 3.77. The van der Waals surface area contributed by atoms with Gasteiger partial charge in [0.1, 0.15) is 5.75 Å². The second kappa shape index (κ2) is 8.94. The minimum atomic E-state index is -1.06. The number of carboxylic acid groups (broad SMARTS) is 1. The van der Waals surface area contributed by atoms with E-state index in [2.05, 4.69) is 0 Å². The average molecular weight is 363 g/mol. The molecule has 5 nitrogen and oxygen atoms in total. The first-order chi connectivity index (χ1) is 12.4. The molecule has 7 heteroatoms. The lowest BCUT2D eigenvalue weighted by atomic mass is 10.1. The Morgan fingerprint density at radius 1 is 1.12 bits per heavy atom. The Kier molecular flexibility index (Phi) is 6.66. The fourth-order valence-corrected chi connectivity index (χ4v) is 2.37. The molecule has 0 aliphatic carbocycles. The van der Waals surface area contributed by atoms with Crippen LogP contribution in [0.25, 0.3) is 0 Å². The lowest BCUT2D eigenvalue weighted by Gasteiger charge is -2.17. The van der Waals surface area contributed by atoms with Gasteiger partial charge in [0.2, 0.25) is 5.91 Å². The molecule has 0 heterocycles. The summed E-state index contributed by atoms with van der Waals surface area (Å²) < 4.78 is 31.8. The van der Waals surface area contributed by atoms with Crippen LogP contribution >= 0.6 is 0 Å². The summed E-state index contributed by atoms with van der Waals surface area (Å²) in [5.74, 6) is -2.67. The summed E-state index contributed by atoms with van der Waals surface area (Å²) in [5.41, 5.74) is 1.01. The van der Waals surface area contributed by atoms with E-state index in [9.17, 15) is 18.4 Å². The van der Waals surface area contributed by atoms with Gasteiger partial charge in [-0.05, 0) is 35.7 Å². The smallest absolute Gasteiger partial charge is 0.341 e. The quantitative estimate of drug-likeness (QED) is 0.783. The van der Waals surface area contributed by atoms with Crippen LogP contribution in [-0.4, -0.2) is 35.5 Å². The molecule has 0 aromatic heterocycles. The lowest BCUT2D eigenvalue weighted by Crippen LogP contribution is -2.26. The highest BCUT2D eigenvalue weighted by atomic mass is 19.2. The zero-order valence-electron chi connectivity index (χ0n) is 14.2. The number of benzene rings is 2. The van der Waals surface area contributed by atoms with Crippen LogP contribution < -0.4 is 4.74 Å². The molecule has 0 saturated heterocycles. The van der Waals surface area contributed by atoms with E-state index in [4.69, 9.17) is 9.84 Å². The summed E-state index contributed by atoms with van der Waals surface area (Å²) in [5, 5.41) is 8.56. The predicted molar refractivity (Wildman–Crippen MR) is 90.7 cm³/mol. The number of carbonyl (C=O) groups is 2. The minimum Gasteiger partial charge on any atom is -0.482 e. The molecule has 1 N–H and O–H groups in total. The van der Waals surface area contributed by atoms with E-state index in [1.807, 2.05) is 0 Å². The number of aryl methyl sites for hydroxylation is 1. The summed E-state index contributed by atoms with van der Waals surface area (Å²) >= 11 is 0. The van der Waals surface area contributed by atoms with Gasteiger partial charge in [0.05, 0.1) is 0 Å². The zero-order valence-corrected chi connectivity index (χ0v) is 14.2. The van der Waals surface area contributed by atoms with E-state index in [0.29, 0.717) is 12.3 Å². The maximum Gasteiger partial charge on any atom is 0.341 e. The first kappa shape index (κ1) is 19.4. The number of nitrogens with zero attached hydrogens (tertiary/aromatic N) is 1. The van der Waals surface area contributed by atoms with Gasteiger partial charge in [-0.25, -0.2) is 13.6 Å². The normalized spacial score (nSPS) is 10.4. The Morgan fingerprint density at radius 3 is 2.46 bits per heavy atom. The highest BCUT2D eigenvalue weighted by Gasteiger charge is 2.13. The molecule has 0 unspecified atom stereocenters. The number of hydrogen-bond donors (Lipinski definition) is 1. The Bertz CT molecular complexity index is 778. The van der Waals surface area contributed by atoms with Crippen molar-refractivity contribution in [1.29, 1.82) is 0 Å². The van der Waals surface area contributed by atoms with E-state index in [1.165, 1.54) is 17.0 Å². The highest BCUT2D eigenvalue weighted by molar-refractivity contribution is 5.76. The molecule has 0 spiro atoms. The van der Waals surface area contributed by atoms with Gasteiger partial charge in [-0.1, -0.05) is 24.3 Å².